The van der Waals surface area contributed by atoms with Crippen LogP contribution in [0.3, 0.4) is 0 Å². The first-order valence-corrected chi connectivity index (χ1v) is 6.01. The van der Waals surface area contributed by atoms with Crippen LogP contribution in [-0.2, 0) is 6.18 Å². The van der Waals surface area contributed by atoms with Gasteiger partial charge >= 0.3 is 6.18 Å². The summed E-state index contributed by atoms with van der Waals surface area (Å²) in [6.45, 7) is 5.36. The molecule has 0 fully saturated rings. The summed E-state index contributed by atoms with van der Waals surface area (Å²) in [7, 11) is 0. The number of hydrogen-bond donors (Lipinski definition) is 1. The van der Waals surface area contributed by atoms with E-state index in [9.17, 15) is 13.2 Å². The maximum atomic E-state index is 12.8. The monoisotopic (exact) mass is 257 g/mol. The molecule has 0 aliphatic carbocycles. The number of alkyl halides is 3. The fraction of sp³-hybridized carbons (Fsp3) is 0.429. The standard InChI is InChI=1S/C14H18F3N/c1-3-18-10-6-7-11(2)12-8-4-5-9-13(12)14(15,16)17/h4-5,7-9,18H,3,6,10H2,1-2H3. The molecule has 4 heteroatoms. The zero-order valence-corrected chi connectivity index (χ0v) is 10.6. The lowest BCUT2D eigenvalue weighted by atomic mass is 9.99. The third-order valence-corrected chi connectivity index (χ3v) is 2.68. The van der Waals surface area contributed by atoms with E-state index in [1.54, 1.807) is 13.0 Å². The molecule has 1 nitrogen and oxygen atoms in total. The normalized spacial score (nSPS) is 12.8. The first kappa shape index (κ1) is 14.8. The van der Waals surface area contributed by atoms with Gasteiger partial charge in [-0.05, 0) is 43.6 Å². The maximum absolute atomic E-state index is 12.8. The van der Waals surface area contributed by atoms with Crippen molar-refractivity contribution >= 4 is 5.57 Å². The summed E-state index contributed by atoms with van der Waals surface area (Å²) in [5.41, 5.74) is 0.365. The molecule has 1 N–H and O–H groups in total. The molecule has 0 aromatic heterocycles. The van der Waals surface area contributed by atoms with Crippen molar-refractivity contribution in [1.82, 2.24) is 5.32 Å². The zero-order chi connectivity index (χ0) is 13.6. The Kier molecular flexibility index (Phi) is 5.41. The van der Waals surface area contributed by atoms with E-state index in [1.807, 2.05) is 13.0 Å². The highest BCUT2D eigenvalue weighted by Crippen LogP contribution is 2.34. The summed E-state index contributed by atoms with van der Waals surface area (Å²) in [4.78, 5) is 0. The van der Waals surface area contributed by atoms with Gasteiger partial charge in [-0.25, -0.2) is 0 Å². The van der Waals surface area contributed by atoms with E-state index in [4.69, 9.17) is 0 Å². The number of halogens is 3. The molecule has 0 bridgehead atoms. The quantitative estimate of drug-likeness (QED) is 0.783. The Balaban J connectivity index is 2.88. The first-order chi connectivity index (χ1) is 8.46. The van der Waals surface area contributed by atoms with Crippen molar-refractivity contribution < 1.29 is 13.2 Å². The van der Waals surface area contributed by atoms with Gasteiger partial charge in [0.15, 0.2) is 0 Å². The van der Waals surface area contributed by atoms with Gasteiger partial charge in [0.25, 0.3) is 0 Å². The van der Waals surface area contributed by atoms with Crippen LogP contribution in [0.1, 0.15) is 31.4 Å². The highest BCUT2D eigenvalue weighted by molar-refractivity contribution is 5.67. The van der Waals surface area contributed by atoms with Crippen LogP contribution in [0.4, 0.5) is 13.2 Å². The van der Waals surface area contributed by atoms with Crippen molar-refractivity contribution in [3.05, 3.63) is 41.5 Å². The average molecular weight is 257 g/mol. The molecule has 0 radical (unpaired) electrons. The van der Waals surface area contributed by atoms with E-state index in [1.165, 1.54) is 12.1 Å². The van der Waals surface area contributed by atoms with E-state index in [-0.39, 0.29) is 5.56 Å². The third kappa shape index (κ3) is 4.18. The second kappa shape index (κ2) is 6.59. The Hall–Kier alpha value is -1.29. The Bertz CT molecular complexity index is 408. The molecule has 100 valence electrons. The highest BCUT2D eigenvalue weighted by Gasteiger charge is 2.33. The van der Waals surface area contributed by atoms with Gasteiger partial charge < -0.3 is 5.32 Å². The number of allylic oxidation sites excluding steroid dienone is 1. The topological polar surface area (TPSA) is 12.0 Å². The van der Waals surface area contributed by atoms with Crippen LogP contribution in [0.15, 0.2) is 30.3 Å². The van der Waals surface area contributed by atoms with Gasteiger partial charge in [0.2, 0.25) is 0 Å². The largest absolute Gasteiger partial charge is 0.416 e. The van der Waals surface area contributed by atoms with Crippen molar-refractivity contribution in [2.24, 2.45) is 0 Å². The van der Waals surface area contributed by atoms with Gasteiger partial charge in [-0.15, -0.1) is 0 Å². The SMILES string of the molecule is CCNCCC=C(C)c1ccccc1C(F)(F)F. The van der Waals surface area contributed by atoms with Crippen LogP contribution in [0.5, 0.6) is 0 Å². The molecular weight excluding hydrogens is 239 g/mol. The molecular formula is C14H18F3N. The molecule has 0 unspecified atom stereocenters. The van der Waals surface area contributed by atoms with Crippen LogP contribution in [0.2, 0.25) is 0 Å². The van der Waals surface area contributed by atoms with E-state index in [2.05, 4.69) is 5.32 Å². The fourth-order valence-electron chi connectivity index (χ4n) is 1.75. The van der Waals surface area contributed by atoms with Crippen LogP contribution in [0, 0.1) is 0 Å². The maximum Gasteiger partial charge on any atom is 0.416 e. The van der Waals surface area contributed by atoms with E-state index >= 15 is 0 Å². The molecule has 0 aliphatic heterocycles. The lowest BCUT2D eigenvalue weighted by Gasteiger charge is -2.13. The van der Waals surface area contributed by atoms with Gasteiger partial charge in [-0.3, -0.25) is 0 Å². The predicted octanol–water partition coefficient (Wildman–Crippen LogP) is 4.11. The summed E-state index contributed by atoms with van der Waals surface area (Å²) in [6.07, 6.45) is -1.73. The predicted molar refractivity (Wildman–Crippen MR) is 68.3 cm³/mol. The number of rotatable bonds is 5. The minimum atomic E-state index is -4.30. The second-order valence-corrected chi connectivity index (χ2v) is 4.07. The van der Waals surface area contributed by atoms with Crippen molar-refractivity contribution in [2.75, 3.05) is 13.1 Å². The molecule has 0 saturated carbocycles. The van der Waals surface area contributed by atoms with Crippen LogP contribution in [0.25, 0.3) is 5.57 Å². The van der Waals surface area contributed by atoms with E-state index in [0.29, 0.717) is 5.57 Å². The van der Waals surface area contributed by atoms with E-state index in [0.717, 1.165) is 25.6 Å². The van der Waals surface area contributed by atoms with Crippen molar-refractivity contribution in [3.8, 4) is 0 Å². The number of nitrogens with one attached hydrogen (secondary N) is 1. The minimum Gasteiger partial charge on any atom is -0.317 e. The zero-order valence-electron chi connectivity index (χ0n) is 10.6. The van der Waals surface area contributed by atoms with E-state index < -0.39 is 11.7 Å². The summed E-state index contributed by atoms with van der Waals surface area (Å²) in [5.74, 6) is 0. The van der Waals surface area contributed by atoms with Crippen LogP contribution >= 0.6 is 0 Å². The fourth-order valence-corrected chi connectivity index (χ4v) is 1.75. The summed E-state index contributed by atoms with van der Waals surface area (Å²) >= 11 is 0. The molecule has 1 rings (SSSR count). The van der Waals surface area contributed by atoms with Crippen LogP contribution in [-0.4, -0.2) is 13.1 Å². The Morgan fingerprint density at radius 1 is 1.28 bits per heavy atom. The lowest BCUT2D eigenvalue weighted by Crippen LogP contribution is -2.13. The molecule has 0 saturated heterocycles. The van der Waals surface area contributed by atoms with Crippen molar-refractivity contribution in [2.45, 2.75) is 26.4 Å². The number of hydrogen-bond acceptors (Lipinski definition) is 1. The smallest absolute Gasteiger partial charge is 0.317 e. The molecule has 18 heavy (non-hydrogen) atoms. The second-order valence-electron chi connectivity index (χ2n) is 4.07. The molecule has 0 heterocycles. The van der Waals surface area contributed by atoms with Gasteiger partial charge in [0.05, 0.1) is 5.56 Å². The van der Waals surface area contributed by atoms with Crippen molar-refractivity contribution in [3.63, 3.8) is 0 Å². The average Bonchev–Trinajstić information content (AvgIpc) is 2.33. The summed E-state index contributed by atoms with van der Waals surface area (Å²) < 4.78 is 38.4. The molecule has 1 aromatic carbocycles. The Morgan fingerprint density at radius 2 is 1.94 bits per heavy atom. The molecule has 0 spiro atoms. The number of benzene rings is 1. The Morgan fingerprint density at radius 3 is 2.56 bits per heavy atom. The molecule has 0 amide bonds. The summed E-state index contributed by atoms with van der Waals surface area (Å²) in [5, 5.41) is 3.13. The first-order valence-electron chi connectivity index (χ1n) is 6.01. The van der Waals surface area contributed by atoms with Gasteiger partial charge in [0.1, 0.15) is 0 Å². The Labute approximate surface area is 106 Å². The lowest BCUT2D eigenvalue weighted by molar-refractivity contribution is -0.137. The van der Waals surface area contributed by atoms with Crippen LogP contribution < -0.4 is 5.32 Å². The summed E-state index contributed by atoms with van der Waals surface area (Å²) in [6, 6.07) is 5.68. The van der Waals surface area contributed by atoms with Crippen molar-refractivity contribution in [1.29, 1.82) is 0 Å². The molecule has 0 aliphatic rings. The molecule has 0 atom stereocenters. The molecule has 1 aromatic rings. The van der Waals surface area contributed by atoms with Gasteiger partial charge in [0, 0.05) is 0 Å². The highest BCUT2D eigenvalue weighted by atomic mass is 19.4. The van der Waals surface area contributed by atoms with Gasteiger partial charge in [-0.2, -0.15) is 13.2 Å². The third-order valence-electron chi connectivity index (χ3n) is 2.68. The van der Waals surface area contributed by atoms with Gasteiger partial charge in [-0.1, -0.05) is 31.2 Å². The minimum absolute atomic E-state index is 0.265.